The summed E-state index contributed by atoms with van der Waals surface area (Å²) in [4.78, 5) is 11.6. The van der Waals surface area contributed by atoms with Crippen molar-refractivity contribution in [1.29, 1.82) is 0 Å². The molecule has 0 aromatic heterocycles. The molecule has 0 aliphatic rings. The first-order valence-electron chi connectivity index (χ1n) is 6.97. The maximum atomic E-state index is 11.6. The second-order valence-corrected chi connectivity index (χ2v) is 10.8. The Morgan fingerprint density at radius 3 is 2.20 bits per heavy atom. The number of benzene rings is 1. The van der Waals surface area contributed by atoms with Crippen LogP contribution in [0.1, 0.15) is 29.3 Å². The molecule has 0 aliphatic carbocycles. The molecule has 0 saturated carbocycles. The van der Waals surface area contributed by atoms with Crippen molar-refractivity contribution in [2.45, 2.75) is 33.0 Å². The highest BCUT2D eigenvalue weighted by Crippen LogP contribution is 2.22. The molecule has 1 aromatic rings. The van der Waals surface area contributed by atoms with Gasteiger partial charge in [-0.15, -0.1) is 6.58 Å². The summed E-state index contributed by atoms with van der Waals surface area (Å²) in [6, 6.07) is 7.63. The Hall–Kier alpha value is -1.61. The first-order chi connectivity index (χ1) is 9.37. The van der Waals surface area contributed by atoms with E-state index in [9.17, 15) is 4.79 Å². The van der Waals surface area contributed by atoms with Gasteiger partial charge in [0.1, 0.15) is 0 Å². The lowest BCUT2D eigenvalue weighted by atomic mass is 10.0. The van der Waals surface area contributed by atoms with E-state index >= 15 is 0 Å². The van der Waals surface area contributed by atoms with Gasteiger partial charge in [-0.3, -0.25) is 0 Å². The van der Waals surface area contributed by atoms with Gasteiger partial charge in [0.15, 0.2) is 0 Å². The van der Waals surface area contributed by atoms with Crippen LogP contribution < -0.4 is 0 Å². The normalized spacial score (nSPS) is 12.1. The van der Waals surface area contributed by atoms with E-state index in [4.69, 9.17) is 4.74 Å². The molecule has 108 valence electrons. The molecular formula is C17H24O2Si. The van der Waals surface area contributed by atoms with Gasteiger partial charge in [-0.2, -0.15) is 0 Å². The molecule has 20 heavy (non-hydrogen) atoms. The van der Waals surface area contributed by atoms with Gasteiger partial charge >= 0.3 is 5.97 Å². The molecule has 1 aromatic carbocycles. The van der Waals surface area contributed by atoms with Gasteiger partial charge in [0.25, 0.3) is 0 Å². The standard InChI is InChI=1S/C17H24O2Si/c1-6-8-16(13-20(3,4)5)14-9-11-15(12-10-14)17(18)19-7-2/h6,9-13H,1,7-8H2,2-5H3/b16-13+. The molecule has 0 bridgehead atoms. The largest absolute Gasteiger partial charge is 0.462 e. The van der Waals surface area contributed by atoms with E-state index in [0.29, 0.717) is 12.2 Å². The predicted octanol–water partition coefficient (Wildman–Crippen LogP) is 4.70. The molecule has 0 heterocycles. The molecule has 0 saturated heterocycles. The molecule has 0 fully saturated rings. The van der Waals surface area contributed by atoms with Crippen molar-refractivity contribution in [3.8, 4) is 0 Å². The number of allylic oxidation sites excluding steroid dienone is 2. The van der Waals surface area contributed by atoms with E-state index in [1.165, 1.54) is 5.57 Å². The fourth-order valence-electron chi connectivity index (χ4n) is 1.97. The molecule has 0 N–H and O–H groups in total. The van der Waals surface area contributed by atoms with Crippen molar-refractivity contribution in [2.75, 3.05) is 6.61 Å². The van der Waals surface area contributed by atoms with Crippen molar-refractivity contribution in [2.24, 2.45) is 0 Å². The second kappa shape index (κ2) is 7.24. The average molecular weight is 288 g/mol. The van der Waals surface area contributed by atoms with Crippen LogP contribution in [0.4, 0.5) is 0 Å². The summed E-state index contributed by atoms with van der Waals surface area (Å²) >= 11 is 0. The number of hydrogen-bond acceptors (Lipinski definition) is 2. The van der Waals surface area contributed by atoms with Crippen LogP contribution in [0.25, 0.3) is 5.57 Å². The Balaban J connectivity index is 3.03. The maximum Gasteiger partial charge on any atom is 0.338 e. The number of ether oxygens (including phenoxy) is 1. The fourth-order valence-corrected chi connectivity index (χ4v) is 3.30. The quantitative estimate of drug-likeness (QED) is 0.431. The second-order valence-electron chi connectivity index (χ2n) is 5.83. The lowest BCUT2D eigenvalue weighted by Crippen LogP contribution is -2.16. The van der Waals surface area contributed by atoms with Crippen molar-refractivity contribution in [1.82, 2.24) is 0 Å². The zero-order valence-electron chi connectivity index (χ0n) is 12.9. The van der Waals surface area contributed by atoms with Crippen molar-refractivity contribution < 1.29 is 9.53 Å². The van der Waals surface area contributed by atoms with Gasteiger partial charge in [-0.25, -0.2) is 4.79 Å². The minimum Gasteiger partial charge on any atom is -0.462 e. The molecule has 0 radical (unpaired) electrons. The van der Waals surface area contributed by atoms with Crippen molar-refractivity contribution in [3.63, 3.8) is 0 Å². The molecular weight excluding hydrogens is 264 g/mol. The predicted molar refractivity (Wildman–Crippen MR) is 88.5 cm³/mol. The Bertz CT molecular complexity index is 493. The van der Waals surface area contributed by atoms with Crippen LogP contribution in [0.15, 0.2) is 42.6 Å². The zero-order valence-corrected chi connectivity index (χ0v) is 13.9. The zero-order chi connectivity index (χ0) is 15.2. The van der Waals surface area contributed by atoms with Crippen LogP contribution in [0.2, 0.25) is 19.6 Å². The minimum atomic E-state index is -1.29. The molecule has 0 aliphatic heterocycles. The Morgan fingerprint density at radius 2 is 1.75 bits per heavy atom. The number of rotatable bonds is 6. The van der Waals surface area contributed by atoms with E-state index in [0.717, 1.165) is 12.0 Å². The maximum absolute atomic E-state index is 11.6. The summed E-state index contributed by atoms with van der Waals surface area (Å²) in [6.07, 6.45) is 2.77. The average Bonchev–Trinajstić information content (AvgIpc) is 2.37. The Labute approximate surface area is 123 Å². The highest BCUT2D eigenvalue weighted by Gasteiger charge is 2.12. The first-order valence-corrected chi connectivity index (χ1v) is 10.6. The summed E-state index contributed by atoms with van der Waals surface area (Å²) < 4.78 is 4.99. The Kier molecular flexibility index (Phi) is 5.96. The van der Waals surface area contributed by atoms with Gasteiger partial charge in [-0.05, 0) is 36.6 Å². The van der Waals surface area contributed by atoms with Crippen LogP contribution in [-0.4, -0.2) is 20.7 Å². The van der Waals surface area contributed by atoms with E-state index in [1.54, 1.807) is 0 Å². The van der Waals surface area contributed by atoms with Crippen LogP contribution in [0.3, 0.4) is 0 Å². The Morgan fingerprint density at radius 1 is 1.20 bits per heavy atom. The van der Waals surface area contributed by atoms with Gasteiger partial charge in [0.2, 0.25) is 0 Å². The fraction of sp³-hybridized carbons (Fsp3) is 0.353. The van der Waals surface area contributed by atoms with E-state index in [-0.39, 0.29) is 5.97 Å². The molecule has 3 heteroatoms. The summed E-state index contributed by atoms with van der Waals surface area (Å²) in [5, 5.41) is 0. The van der Waals surface area contributed by atoms with E-state index in [1.807, 2.05) is 37.3 Å². The monoisotopic (exact) mass is 288 g/mol. The summed E-state index contributed by atoms with van der Waals surface area (Å²) in [7, 11) is -1.29. The van der Waals surface area contributed by atoms with Gasteiger partial charge in [-0.1, -0.05) is 43.5 Å². The number of hydrogen-bond donors (Lipinski definition) is 0. The third kappa shape index (κ3) is 5.17. The van der Waals surface area contributed by atoms with Crippen LogP contribution >= 0.6 is 0 Å². The topological polar surface area (TPSA) is 26.3 Å². The minimum absolute atomic E-state index is 0.265. The van der Waals surface area contributed by atoms with Crippen molar-refractivity contribution in [3.05, 3.63) is 53.7 Å². The summed E-state index contributed by atoms with van der Waals surface area (Å²) in [5.41, 5.74) is 5.42. The van der Waals surface area contributed by atoms with Gasteiger partial charge in [0.05, 0.1) is 20.2 Å². The highest BCUT2D eigenvalue weighted by atomic mass is 28.3. The molecule has 0 spiro atoms. The van der Waals surface area contributed by atoms with Crippen LogP contribution in [0, 0.1) is 0 Å². The van der Waals surface area contributed by atoms with Crippen LogP contribution in [-0.2, 0) is 4.74 Å². The molecule has 0 atom stereocenters. The van der Waals surface area contributed by atoms with Crippen molar-refractivity contribution >= 4 is 19.6 Å². The SMILES string of the molecule is C=CC/C(=C\[Si](C)(C)C)c1ccc(C(=O)OCC)cc1. The molecule has 0 amide bonds. The third-order valence-corrected chi connectivity index (χ3v) is 3.95. The van der Waals surface area contributed by atoms with Gasteiger partial charge < -0.3 is 4.74 Å². The first kappa shape index (κ1) is 16.4. The third-order valence-electron chi connectivity index (χ3n) is 2.74. The summed E-state index contributed by atoms with van der Waals surface area (Å²) in [5.74, 6) is -0.265. The van der Waals surface area contributed by atoms with Crippen LogP contribution in [0.5, 0.6) is 0 Å². The lowest BCUT2D eigenvalue weighted by molar-refractivity contribution is 0.0526. The molecule has 0 unspecified atom stereocenters. The number of carbonyl (C=O) groups is 1. The van der Waals surface area contributed by atoms with E-state index in [2.05, 4.69) is 31.9 Å². The highest BCUT2D eigenvalue weighted by molar-refractivity contribution is 6.81. The molecule has 2 nitrogen and oxygen atoms in total. The summed E-state index contributed by atoms with van der Waals surface area (Å²) in [6.45, 7) is 13.0. The lowest BCUT2D eigenvalue weighted by Gasteiger charge is -2.14. The molecule has 1 rings (SSSR count). The van der Waals surface area contributed by atoms with E-state index < -0.39 is 8.07 Å². The number of carbonyl (C=O) groups excluding carboxylic acids is 1. The smallest absolute Gasteiger partial charge is 0.338 e. The van der Waals surface area contributed by atoms with Gasteiger partial charge in [0, 0.05) is 0 Å². The number of esters is 1.